The van der Waals surface area contributed by atoms with Crippen LogP contribution in [-0.2, 0) is 6.42 Å². The maximum Gasteiger partial charge on any atom is 0.167 e. The summed E-state index contributed by atoms with van der Waals surface area (Å²) in [5, 5.41) is 4.42. The van der Waals surface area contributed by atoms with E-state index < -0.39 is 0 Å². The number of para-hydroxylation sites is 1. The molecular formula is C17H20ClN2O-. The molecule has 0 radical (unpaired) electrons. The molecule has 3 rings (SSSR count). The normalized spacial score (nSPS) is 16.2. The molecule has 3 nitrogen and oxygen atoms in total. The summed E-state index contributed by atoms with van der Waals surface area (Å²) in [6.07, 6.45) is 1.45. The molecule has 21 heavy (non-hydrogen) atoms. The molecular weight excluding hydrogens is 284 g/mol. The predicted octanol–water partition coefficient (Wildman–Crippen LogP) is 0.826. The van der Waals surface area contributed by atoms with E-state index in [-0.39, 0.29) is 23.6 Å². The molecule has 1 aromatic carbocycles. The summed E-state index contributed by atoms with van der Waals surface area (Å²) >= 11 is 0. The number of nitrogens with one attached hydrogen (secondary N) is 1. The summed E-state index contributed by atoms with van der Waals surface area (Å²) < 4.78 is 0. The Morgan fingerprint density at radius 2 is 1.95 bits per heavy atom. The Kier molecular flexibility index (Phi) is 4.24. The van der Waals surface area contributed by atoms with Crippen LogP contribution in [0.25, 0.3) is 10.9 Å². The van der Waals surface area contributed by atoms with Gasteiger partial charge in [0.1, 0.15) is 0 Å². The van der Waals surface area contributed by atoms with E-state index in [1.54, 1.807) is 0 Å². The Bertz CT molecular complexity index is 694. The summed E-state index contributed by atoms with van der Waals surface area (Å²) in [4.78, 5) is 17.3. The molecule has 0 bridgehead atoms. The first-order valence-electron chi connectivity index (χ1n) is 7.20. The first kappa shape index (κ1) is 15.8. The highest BCUT2D eigenvalue weighted by Crippen LogP contribution is 2.39. The van der Waals surface area contributed by atoms with Crippen LogP contribution >= 0.6 is 0 Å². The van der Waals surface area contributed by atoms with E-state index in [0.29, 0.717) is 6.42 Å². The van der Waals surface area contributed by atoms with Crippen molar-refractivity contribution in [2.24, 2.45) is 5.41 Å². The molecule has 4 heteroatoms. The summed E-state index contributed by atoms with van der Waals surface area (Å²) in [5.74, 6) is 0.213. The van der Waals surface area contributed by atoms with Gasteiger partial charge in [0.05, 0.1) is 22.5 Å². The maximum absolute atomic E-state index is 12.6. The van der Waals surface area contributed by atoms with Crippen molar-refractivity contribution in [1.82, 2.24) is 4.98 Å². The zero-order chi connectivity index (χ0) is 14.3. The lowest BCUT2D eigenvalue weighted by Gasteiger charge is -2.31. The van der Waals surface area contributed by atoms with Gasteiger partial charge in [-0.2, -0.15) is 0 Å². The highest BCUT2D eigenvalue weighted by molar-refractivity contribution is 6.10. The summed E-state index contributed by atoms with van der Waals surface area (Å²) in [6, 6.07) is 8.04. The number of pyridine rings is 1. The smallest absolute Gasteiger partial charge is 0.167 e. The second-order valence-corrected chi connectivity index (χ2v) is 6.30. The van der Waals surface area contributed by atoms with Crippen LogP contribution in [0.3, 0.4) is 0 Å². The minimum Gasteiger partial charge on any atom is -1.00 e. The molecule has 0 amide bonds. The molecule has 1 heterocycles. The number of anilines is 1. The summed E-state index contributed by atoms with van der Waals surface area (Å²) in [5.41, 5.74) is 3.69. The van der Waals surface area contributed by atoms with Gasteiger partial charge in [-0.3, -0.25) is 9.78 Å². The summed E-state index contributed by atoms with van der Waals surface area (Å²) in [6.45, 7) is 7.13. The van der Waals surface area contributed by atoms with Crippen molar-refractivity contribution >= 4 is 22.4 Å². The number of ketones is 1. The quantitative estimate of drug-likeness (QED) is 0.893. The number of carbonyl (C=O) groups is 1. The van der Waals surface area contributed by atoms with Crippen LogP contribution in [-0.4, -0.2) is 17.3 Å². The van der Waals surface area contributed by atoms with E-state index in [1.807, 2.05) is 24.3 Å². The molecule has 1 N–H and O–H groups in total. The van der Waals surface area contributed by atoms with Crippen molar-refractivity contribution in [3.8, 4) is 0 Å². The number of hydrogen-bond acceptors (Lipinski definition) is 3. The van der Waals surface area contributed by atoms with E-state index in [9.17, 15) is 4.79 Å². The summed E-state index contributed by atoms with van der Waals surface area (Å²) in [7, 11) is 0. The Balaban J connectivity index is 0.00000161. The van der Waals surface area contributed by atoms with Crippen molar-refractivity contribution in [1.29, 1.82) is 0 Å². The predicted molar refractivity (Wildman–Crippen MR) is 82.3 cm³/mol. The SMILES string of the molecule is CCNc1c2c(nc3ccccc13)CC(C)(C)CC2=O.[Cl-]. The third kappa shape index (κ3) is 2.75. The van der Waals surface area contributed by atoms with Gasteiger partial charge in [-0.05, 0) is 24.8 Å². The zero-order valence-corrected chi connectivity index (χ0v) is 13.4. The largest absolute Gasteiger partial charge is 1.00 e. The van der Waals surface area contributed by atoms with E-state index in [2.05, 4.69) is 26.1 Å². The number of halogens is 1. The van der Waals surface area contributed by atoms with Gasteiger partial charge < -0.3 is 17.7 Å². The Labute approximate surface area is 131 Å². The van der Waals surface area contributed by atoms with Gasteiger partial charge in [0, 0.05) is 18.4 Å². The van der Waals surface area contributed by atoms with Crippen molar-refractivity contribution < 1.29 is 17.2 Å². The third-order valence-corrected chi connectivity index (χ3v) is 3.88. The molecule has 0 atom stereocenters. The number of aromatic nitrogens is 1. The minimum absolute atomic E-state index is 0. The second kappa shape index (κ2) is 5.64. The third-order valence-electron chi connectivity index (χ3n) is 3.88. The van der Waals surface area contributed by atoms with Gasteiger partial charge in [-0.15, -0.1) is 0 Å². The first-order chi connectivity index (χ1) is 9.52. The number of fused-ring (bicyclic) bond motifs is 2. The van der Waals surface area contributed by atoms with Gasteiger partial charge in [0.15, 0.2) is 5.78 Å². The fraction of sp³-hybridized carbons (Fsp3) is 0.412. The Morgan fingerprint density at radius 3 is 2.67 bits per heavy atom. The lowest BCUT2D eigenvalue weighted by Crippen LogP contribution is -3.00. The van der Waals surface area contributed by atoms with E-state index in [1.165, 1.54) is 0 Å². The zero-order valence-electron chi connectivity index (χ0n) is 12.7. The number of hydrogen-bond donors (Lipinski definition) is 1. The van der Waals surface area contributed by atoms with Gasteiger partial charge in [0.25, 0.3) is 0 Å². The van der Waals surface area contributed by atoms with Crippen molar-refractivity contribution in [3.05, 3.63) is 35.5 Å². The number of nitrogens with zero attached hydrogens (tertiary/aromatic N) is 1. The molecule has 0 saturated heterocycles. The van der Waals surface area contributed by atoms with Crippen molar-refractivity contribution in [2.45, 2.75) is 33.6 Å². The maximum atomic E-state index is 12.6. The second-order valence-electron chi connectivity index (χ2n) is 6.30. The van der Waals surface area contributed by atoms with Crippen LogP contribution in [0.4, 0.5) is 5.69 Å². The van der Waals surface area contributed by atoms with E-state index in [4.69, 9.17) is 4.98 Å². The highest BCUT2D eigenvalue weighted by Gasteiger charge is 2.34. The van der Waals surface area contributed by atoms with Crippen molar-refractivity contribution in [2.75, 3.05) is 11.9 Å². The van der Waals surface area contributed by atoms with Crippen LogP contribution in [0.1, 0.15) is 43.2 Å². The fourth-order valence-electron chi connectivity index (χ4n) is 3.09. The minimum atomic E-state index is 0. The molecule has 0 fully saturated rings. The molecule has 2 aromatic rings. The topological polar surface area (TPSA) is 42.0 Å². The fourth-order valence-corrected chi connectivity index (χ4v) is 3.09. The van der Waals surface area contributed by atoms with Crippen LogP contribution in [0.5, 0.6) is 0 Å². The number of benzene rings is 1. The monoisotopic (exact) mass is 303 g/mol. The molecule has 1 aromatic heterocycles. The molecule has 0 unspecified atom stereocenters. The lowest BCUT2D eigenvalue weighted by molar-refractivity contribution is -0.0000147. The molecule has 0 spiro atoms. The average molecular weight is 304 g/mol. The van der Waals surface area contributed by atoms with Crippen LogP contribution in [0, 0.1) is 5.41 Å². The van der Waals surface area contributed by atoms with E-state index in [0.717, 1.165) is 40.8 Å². The lowest BCUT2D eigenvalue weighted by atomic mass is 9.75. The van der Waals surface area contributed by atoms with Crippen molar-refractivity contribution in [3.63, 3.8) is 0 Å². The first-order valence-corrected chi connectivity index (χ1v) is 7.20. The average Bonchev–Trinajstić information content (AvgIpc) is 2.36. The molecule has 1 aliphatic carbocycles. The number of carbonyl (C=O) groups excluding carboxylic acids is 1. The van der Waals surface area contributed by atoms with Gasteiger partial charge in [-0.25, -0.2) is 0 Å². The van der Waals surface area contributed by atoms with Crippen LogP contribution in [0.2, 0.25) is 0 Å². The Hall–Kier alpha value is -1.61. The molecule has 112 valence electrons. The Morgan fingerprint density at radius 1 is 1.24 bits per heavy atom. The number of rotatable bonds is 2. The standard InChI is InChI=1S/C17H20N2O.ClH/c1-4-18-16-11-7-5-6-8-12(11)19-13-9-17(2,3)10-14(20)15(13)16;/h5-8H,4,9-10H2,1-3H3,(H,18,19);1H/p-1. The van der Waals surface area contributed by atoms with Gasteiger partial charge in [-0.1, -0.05) is 32.0 Å². The van der Waals surface area contributed by atoms with Gasteiger partial charge in [0.2, 0.25) is 0 Å². The molecule has 0 saturated carbocycles. The van der Waals surface area contributed by atoms with Crippen LogP contribution < -0.4 is 17.7 Å². The van der Waals surface area contributed by atoms with E-state index >= 15 is 0 Å². The number of Topliss-reactive ketones (excluding diaryl/α,β-unsaturated/α-hetero) is 1. The van der Waals surface area contributed by atoms with Crippen LogP contribution in [0.15, 0.2) is 24.3 Å². The highest BCUT2D eigenvalue weighted by atomic mass is 35.5. The molecule has 1 aliphatic rings. The molecule has 0 aliphatic heterocycles. The van der Waals surface area contributed by atoms with Gasteiger partial charge >= 0.3 is 0 Å².